The second kappa shape index (κ2) is 4.46. The zero-order valence-electron chi connectivity index (χ0n) is 11.4. The van der Waals surface area contributed by atoms with Crippen LogP contribution in [0.1, 0.15) is 44.9 Å². The highest BCUT2D eigenvalue weighted by atomic mass is 16.5. The number of fused-ring (bicyclic) bond motifs is 1. The molecule has 3 nitrogen and oxygen atoms in total. The number of rotatable bonds is 1. The summed E-state index contributed by atoms with van der Waals surface area (Å²) in [4.78, 5) is 2.79. The van der Waals surface area contributed by atoms with Gasteiger partial charge in [-0.25, -0.2) is 0 Å². The van der Waals surface area contributed by atoms with Gasteiger partial charge in [0.1, 0.15) is 0 Å². The van der Waals surface area contributed by atoms with Gasteiger partial charge in [0.05, 0.1) is 5.60 Å². The Morgan fingerprint density at radius 2 is 2.06 bits per heavy atom. The van der Waals surface area contributed by atoms with E-state index in [1.807, 2.05) is 0 Å². The standard InChI is InChI=1S/C15H26N2O/c1-3-12-10-17(11-14(12)16-7-1)13-4-8-18-15(9-13)5-2-6-15/h12-14,16H,1-11H2/t12-,13?,14+/m0/s1. The molecule has 1 aliphatic carbocycles. The van der Waals surface area contributed by atoms with E-state index < -0.39 is 0 Å². The van der Waals surface area contributed by atoms with Crippen LogP contribution >= 0.6 is 0 Å². The van der Waals surface area contributed by atoms with Gasteiger partial charge >= 0.3 is 0 Å². The van der Waals surface area contributed by atoms with E-state index in [1.165, 1.54) is 64.6 Å². The molecular formula is C15H26N2O. The highest BCUT2D eigenvalue weighted by molar-refractivity contribution is 5.00. The smallest absolute Gasteiger partial charge is 0.0697 e. The largest absolute Gasteiger partial charge is 0.375 e. The molecule has 102 valence electrons. The molecule has 0 aromatic rings. The van der Waals surface area contributed by atoms with Gasteiger partial charge in [-0.2, -0.15) is 0 Å². The first kappa shape index (κ1) is 11.7. The SMILES string of the molecule is C1CN[C@@H]2CN(C3CCOC4(CCC4)C3)C[C@@H]2C1. The van der Waals surface area contributed by atoms with Gasteiger partial charge < -0.3 is 10.1 Å². The molecule has 0 radical (unpaired) electrons. The lowest BCUT2D eigenvalue weighted by Crippen LogP contribution is -2.52. The number of ether oxygens (including phenoxy) is 1. The summed E-state index contributed by atoms with van der Waals surface area (Å²) in [5.74, 6) is 0.930. The van der Waals surface area contributed by atoms with Crippen LogP contribution in [-0.2, 0) is 4.74 Å². The van der Waals surface area contributed by atoms with Crippen molar-refractivity contribution in [3.8, 4) is 0 Å². The van der Waals surface area contributed by atoms with Crippen LogP contribution in [0.5, 0.6) is 0 Å². The Kier molecular flexibility index (Phi) is 2.90. The molecule has 1 saturated carbocycles. The van der Waals surface area contributed by atoms with Crippen molar-refractivity contribution in [3.05, 3.63) is 0 Å². The van der Waals surface area contributed by atoms with Crippen molar-refractivity contribution in [2.24, 2.45) is 5.92 Å². The van der Waals surface area contributed by atoms with Crippen LogP contribution in [0.4, 0.5) is 0 Å². The molecular weight excluding hydrogens is 224 g/mol. The molecule has 3 aliphatic heterocycles. The van der Waals surface area contributed by atoms with Gasteiger partial charge in [0.2, 0.25) is 0 Å². The Labute approximate surface area is 110 Å². The molecule has 1 unspecified atom stereocenters. The van der Waals surface area contributed by atoms with Crippen LogP contribution in [0.3, 0.4) is 0 Å². The second-order valence-electron chi connectivity index (χ2n) is 6.95. The lowest BCUT2D eigenvalue weighted by molar-refractivity contribution is -0.147. The molecule has 0 aromatic heterocycles. The molecule has 0 bridgehead atoms. The normalized spacial score (nSPS) is 43.7. The average Bonchev–Trinajstić information content (AvgIpc) is 2.81. The predicted molar refractivity (Wildman–Crippen MR) is 71.6 cm³/mol. The first-order valence-corrected chi connectivity index (χ1v) is 7.96. The lowest BCUT2D eigenvalue weighted by Gasteiger charge is -2.49. The fourth-order valence-electron chi connectivity index (χ4n) is 4.61. The number of hydrogen-bond donors (Lipinski definition) is 1. The van der Waals surface area contributed by atoms with Gasteiger partial charge in [0, 0.05) is 31.8 Å². The third-order valence-electron chi connectivity index (χ3n) is 5.88. The van der Waals surface area contributed by atoms with Crippen molar-refractivity contribution in [2.75, 3.05) is 26.2 Å². The highest BCUT2D eigenvalue weighted by Crippen LogP contribution is 2.44. The van der Waals surface area contributed by atoms with E-state index in [1.54, 1.807) is 0 Å². The van der Waals surface area contributed by atoms with Crippen LogP contribution in [-0.4, -0.2) is 48.8 Å². The molecule has 0 amide bonds. The summed E-state index contributed by atoms with van der Waals surface area (Å²) in [6.07, 6.45) is 9.44. The zero-order valence-corrected chi connectivity index (χ0v) is 11.4. The van der Waals surface area contributed by atoms with Crippen LogP contribution in [0, 0.1) is 5.92 Å². The van der Waals surface area contributed by atoms with Crippen LogP contribution in [0.25, 0.3) is 0 Å². The molecule has 1 N–H and O–H groups in total. The van der Waals surface area contributed by atoms with E-state index in [9.17, 15) is 0 Å². The van der Waals surface area contributed by atoms with E-state index in [2.05, 4.69) is 10.2 Å². The fraction of sp³-hybridized carbons (Fsp3) is 1.00. The summed E-state index contributed by atoms with van der Waals surface area (Å²) in [6.45, 7) is 4.89. The molecule has 1 spiro atoms. The van der Waals surface area contributed by atoms with Crippen molar-refractivity contribution in [2.45, 2.75) is 62.6 Å². The molecule has 4 rings (SSSR count). The number of likely N-dealkylation sites (tertiary alicyclic amines) is 1. The Morgan fingerprint density at radius 3 is 2.83 bits per heavy atom. The molecule has 0 aromatic carbocycles. The van der Waals surface area contributed by atoms with Gasteiger partial charge in [-0.15, -0.1) is 0 Å². The maximum atomic E-state index is 6.07. The minimum Gasteiger partial charge on any atom is -0.375 e. The molecule has 3 atom stereocenters. The van der Waals surface area contributed by atoms with Crippen LogP contribution < -0.4 is 5.32 Å². The molecule has 3 heterocycles. The predicted octanol–water partition coefficient (Wildman–Crippen LogP) is 1.77. The third kappa shape index (κ3) is 1.91. The van der Waals surface area contributed by atoms with Gasteiger partial charge in [-0.1, -0.05) is 0 Å². The van der Waals surface area contributed by atoms with Gasteiger partial charge in [-0.3, -0.25) is 4.90 Å². The second-order valence-corrected chi connectivity index (χ2v) is 6.95. The summed E-state index contributed by atoms with van der Waals surface area (Å²) in [5.41, 5.74) is 0.310. The molecule has 3 saturated heterocycles. The molecule has 18 heavy (non-hydrogen) atoms. The summed E-state index contributed by atoms with van der Waals surface area (Å²) in [6, 6.07) is 1.60. The van der Waals surface area contributed by atoms with E-state index in [0.29, 0.717) is 5.60 Å². The third-order valence-corrected chi connectivity index (χ3v) is 5.88. The maximum Gasteiger partial charge on any atom is 0.0697 e. The topological polar surface area (TPSA) is 24.5 Å². The average molecular weight is 250 g/mol. The number of hydrogen-bond acceptors (Lipinski definition) is 3. The molecule has 3 heteroatoms. The van der Waals surface area contributed by atoms with Crippen molar-refractivity contribution in [1.29, 1.82) is 0 Å². The number of piperidine rings is 1. The number of nitrogens with zero attached hydrogens (tertiary/aromatic N) is 1. The first-order valence-electron chi connectivity index (χ1n) is 7.96. The summed E-state index contributed by atoms with van der Waals surface area (Å²) in [7, 11) is 0. The van der Waals surface area contributed by atoms with Crippen molar-refractivity contribution in [3.63, 3.8) is 0 Å². The minimum absolute atomic E-state index is 0.310. The van der Waals surface area contributed by atoms with Gasteiger partial charge in [0.15, 0.2) is 0 Å². The van der Waals surface area contributed by atoms with Crippen molar-refractivity contribution in [1.82, 2.24) is 10.2 Å². The Hall–Kier alpha value is -0.120. The zero-order chi connectivity index (χ0) is 12.0. The molecule has 4 aliphatic rings. The van der Waals surface area contributed by atoms with Crippen LogP contribution in [0.2, 0.25) is 0 Å². The van der Waals surface area contributed by atoms with E-state index >= 15 is 0 Å². The van der Waals surface area contributed by atoms with E-state index in [-0.39, 0.29) is 0 Å². The fourth-order valence-corrected chi connectivity index (χ4v) is 4.61. The van der Waals surface area contributed by atoms with Gasteiger partial charge in [0.25, 0.3) is 0 Å². The Bertz CT molecular complexity index is 302. The monoisotopic (exact) mass is 250 g/mol. The Morgan fingerprint density at radius 1 is 1.11 bits per heavy atom. The van der Waals surface area contributed by atoms with Crippen molar-refractivity contribution >= 4 is 0 Å². The summed E-state index contributed by atoms with van der Waals surface area (Å²) in [5, 5.41) is 3.73. The quantitative estimate of drug-likeness (QED) is 0.767. The van der Waals surface area contributed by atoms with E-state index in [0.717, 1.165) is 24.6 Å². The van der Waals surface area contributed by atoms with Crippen molar-refractivity contribution < 1.29 is 4.74 Å². The maximum absolute atomic E-state index is 6.07. The molecule has 4 fully saturated rings. The summed E-state index contributed by atoms with van der Waals surface area (Å²) < 4.78 is 6.07. The lowest BCUT2D eigenvalue weighted by atomic mass is 9.73. The highest BCUT2D eigenvalue weighted by Gasteiger charge is 2.46. The number of nitrogens with one attached hydrogen (secondary N) is 1. The van der Waals surface area contributed by atoms with Crippen LogP contribution in [0.15, 0.2) is 0 Å². The Balaban J connectivity index is 1.41. The van der Waals surface area contributed by atoms with Gasteiger partial charge in [-0.05, 0) is 57.4 Å². The first-order chi connectivity index (χ1) is 8.85. The summed E-state index contributed by atoms with van der Waals surface area (Å²) >= 11 is 0. The van der Waals surface area contributed by atoms with E-state index in [4.69, 9.17) is 4.74 Å². The minimum atomic E-state index is 0.310.